The zero-order valence-electron chi connectivity index (χ0n) is 14.4. The molecule has 2 rings (SSSR count). The van der Waals surface area contributed by atoms with E-state index in [4.69, 9.17) is 0 Å². The lowest BCUT2D eigenvalue weighted by molar-refractivity contribution is 0.566. The van der Waals surface area contributed by atoms with Gasteiger partial charge in [0.05, 0.1) is 10.6 Å². The summed E-state index contributed by atoms with van der Waals surface area (Å²) in [5.41, 5.74) is 2.87. The number of sulfonamides is 1. The van der Waals surface area contributed by atoms with E-state index < -0.39 is 10.0 Å². The summed E-state index contributed by atoms with van der Waals surface area (Å²) >= 11 is 0. The molecule has 0 bridgehead atoms. The molecule has 1 aromatic carbocycles. The van der Waals surface area contributed by atoms with Crippen molar-refractivity contribution in [3.63, 3.8) is 0 Å². The summed E-state index contributed by atoms with van der Waals surface area (Å²) in [6, 6.07) is 6.80. The molecule has 1 N–H and O–H groups in total. The van der Waals surface area contributed by atoms with Crippen LogP contribution in [-0.2, 0) is 17.1 Å². The van der Waals surface area contributed by atoms with Gasteiger partial charge in [0.15, 0.2) is 0 Å². The lowest BCUT2D eigenvalue weighted by atomic mass is 9.99. The topological polar surface area (TPSA) is 64.0 Å². The van der Waals surface area contributed by atoms with Gasteiger partial charge >= 0.3 is 0 Å². The minimum absolute atomic E-state index is 0.290. The van der Waals surface area contributed by atoms with Crippen molar-refractivity contribution < 1.29 is 8.42 Å². The minimum atomic E-state index is -3.55. The fourth-order valence-corrected chi connectivity index (χ4v) is 3.84. The van der Waals surface area contributed by atoms with E-state index >= 15 is 0 Å². The molecule has 0 aliphatic rings. The molecule has 0 aliphatic heterocycles. The summed E-state index contributed by atoms with van der Waals surface area (Å²) in [6.45, 7) is 7.96. The lowest BCUT2D eigenvalue weighted by Gasteiger charge is -2.15. The number of nitrogens with one attached hydrogen (secondary N) is 1. The van der Waals surface area contributed by atoms with Crippen molar-refractivity contribution in [3.8, 4) is 0 Å². The predicted octanol–water partition coefficient (Wildman–Crippen LogP) is 3.28. The molecule has 2 atom stereocenters. The Balaban J connectivity index is 2.20. The van der Waals surface area contributed by atoms with Crippen LogP contribution >= 0.6 is 0 Å². The Kier molecular flexibility index (Phi) is 5.26. The number of rotatable bonds is 6. The van der Waals surface area contributed by atoms with Crippen molar-refractivity contribution in [2.75, 3.05) is 0 Å². The molecule has 23 heavy (non-hydrogen) atoms. The Morgan fingerprint density at radius 1 is 1.22 bits per heavy atom. The van der Waals surface area contributed by atoms with Crippen LogP contribution < -0.4 is 4.72 Å². The van der Waals surface area contributed by atoms with Gasteiger partial charge in [0.1, 0.15) is 0 Å². The monoisotopic (exact) mass is 335 g/mol. The molecule has 0 fully saturated rings. The largest absolute Gasteiger partial charge is 0.275 e. The van der Waals surface area contributed by atoms with Gasteiger partial charge in [-0.15, -0.1) is 0 Å². The van der Waals surface area contributed by atoms with Crippen LogP contribution in [0.3, 0.4) is 0 Å². The van der Waals surface area contributed by atoms with Crippen LogP contribution in [0.1, 0.15) is 56.0 Å². The first-order valence-electron chi connectivity index (χ1n) is 7.87. The van der Waals surface area contributed by atoms with Gasteiger partial charge in [-0.05, 0) is 43.9 Å². The molecule has 1 heterocycles. The lowest BCUT2D eigenvalue weighted by Crippen LogP contribution is -2.27. The Hall–Kier alpha value is -1.66. The number of hydrogen-bond donors (Lipinski definition) is 1. The van der Waals surface area contributed by atoms with Crippen LogP contribution in [0.4, 0.5) is 0 Å². The molecule has 1 aromatic heterocycles. The molecule has 6 heteroatoms. The summed E-state index contributed by atoms with van der Waals surface area (Å²) < 4.78 is 29.5. The van der Waals surface area contributed by atoms with Gasteiger partial charge in [0.25, 0.3) is 0 Å². The van der Waals surface area contributed by atoms with E-state index in [1.54, 1.807) is 16.8 Å². The maximum absolute atomic E-state index is 12.5. The van der Waals surface area contributed by atoms with Gasteiger partial charge in [-0.2, -0.15) is 5.10 Å². The van der Waals surface area contributed by atoms with Crippen LogP contribution in [0.15, 0.2) is 35.4 Å². The summed E-state index contributed by atoms with van der Waals surface area (Å²) in [7, 11) is -1.73. The van der Waals surface area contributed by atoms with Crippen LogP contribution in [0.2, 0.25) is 0 Å². The standard InChI is InChI=1S/C17H25N3O2S/c1-6-12(2)15-7-9-16(10-8-15)23(21,22)19-14(4)17-11-20(5)18-13(17)3/h7-12,14,19H,6H2,1-5H3. The Bertz CT molecular complexity index is 764. The first-order chi connectivity index (χ1) is 10.7. The SMILES string of the molecule is CCC(C)c1ccc(S(=O)(=O)NC(C)c2cn(C)nc2C)cc1. The fraction of sp³-hybridized carbons (Fsp3) is 0.471. The number of nitrogens with zero attached hydrogens (tertiary/aromatic N) is 2. The number of hydrogen-bond acceptors (Lipinski definition) is 3. The van der Waals surface area contributed by atoms with Crippen LogP contribution in [0, 0.1) is 6.92 Å². The third kappa shape index (κ3) is 4.00. The van der Waals surface area contributed by atoms with Crippen LogP contribution in [0.5, 0.6) is 0 Å². The Labute approximate surface area is 138 Å². The van der Waals surface area contributed by atoms with Crippen molar-refractivity contribution in [2.45, 2.75) is 51.0 Å². The second-order valence-corrected chi connectivity index (χ2v) is 7.78. The number of aryl methyl sites for hydroxylation is 2. The highest BCUT2D eigenvalue weighted by Gasteiger charge is 2.21. The molecular weight excluding hydrogens is 310 g/mol. The molecule has 126 valence electrons. The normalized spacial score (nSPS) is 14.7. The van der Waals surface area contributed by atoms with Gasteiger partial charge in [0, 0.05) is 24.8 Å². The van der Waals surface area contributed by atoms with Gasteiger partial charge in [-0.25, -0.2) is 13.1 Å². The Morgan fingerprint density at radius 3 is 2.30 bits per heavy atom. The van der Waals surface area contributed by atoms with Crippen LogP contribution in [0.25, 0.3) is 0 Å². The molecule has 5 nitrogen and oxygen atoms in total. The summed E-state index contributed by atoms with van der Waals surface area (Å²) in [5.74, 6) is 0.427. The van der Waals surface area contributed by atoms with E-state index in [-0.39, 0.29) is 10.9 Å². The highest BCUT2D eigenvalue weighted by Crippen LogP contribution is 2.22. The molecule has 2 unspecified atom stereocenters. The van der Waals surface area contributed by atoms with E-state index in [9.17, 15) is 8.42 Å². The third-order valence-corrected chi connectivity index (χ3v) is 5.78. The maximum Gasteiger partial charge on any atom is 0.241 e. The highest BCUT2D eigenvalue weighted by atomic mass is 32.2. The second kappa shape index (κ2) is 6.84. The van der Waals surface area contributed by atoms with Gasteiger partial charge < -0.3 is 0 Å². The molecule has 0 saturated heterocycles. The molecule has 0 spiro atoms. The van der Waals surface area contributed by atoms with E-state index in [0.29, 0.717) is 5.92 Å². The minimum Gasteiger partial charge on any atom is -0.275 e. The maximum atomic E-state index is 12.5. The summed E-state index contributed by atoms with van der Waals surface area (Å²) in [4.78, 5) is 0.290. The molecule has 0 radical (unpaired) electrons. The van der Waals surface area contributed by atoms with Crippen molar-refractivity contribution in [1.82, 2.24) is 14.5 Å². The first kappa shape index (κ1) is 17.7. The van der Waals surface area contributed by atoms with E-state index in [0.717, 1.165) is 23.2 Å². The van der Waals surface area contributed by atoms with Crippen LogP contribution in [-0.4, -0.2) is 18.2 Å². The Morgan fingerprint density at radius 2 is 1.83 bits per heavy atom. The average molecular weight is 335 g/mol. The smallest absolute Gasteiger partial charge is 0.241 e. The number of aromatic nitrogens is 2. The summed E-state index contributed by atoms with van der Waals surface area (Å²) in [6.07, 6.45) is 2.87. The predicted molar refractivity (Wildman–Crippen MR) is 91.8 cm³/mol. The molecule has 0 saturated carbocycles. The average Bonchev–Trinajstić information content (AvgIpc) is 2.85. The van der Waals surface area contributed by atoms with E-state index in [1.165, 1.54) is 0 Å². The summed E-state index contributed by atoms with van der Waals surface area (Å²) in [5, 5.41) is 4.26. The zero-order valence-corrected chi connectivity index (χ0v) is 15.2. The zero-order chi connectivity index (χ0) is 17.2. The molecule has 2 aromatic rings. The second-order valence-electron chi connectivity index (χ2n) is 6.06. The van der Waals surface area contributed by atoms with Crippen molar-refractivity contribution in [3.05, 3.63) is 47.3 Å². The van der Waals surface area contributed by atoms with Gasteiger partial charge in [-0.3, -0.25) is 4.68 Å². The van der Waals surface area contributed by atoms with Crippen molar-refractivity contribution >= 4 is 10.0 Å². The number of benzene rings is 1. The fourth-order valence-electron chi connectivity index (χ4n) is 2.62. The third-order valence-electron chi connectivity index (χ3n) is 4.22. The molecule has 0 amide bonds. The highest BCUT2D eigenvalue weighted by molar-refractivity contribution is 7.89. The van der Waals surface area contributed by atoms with Gasteiger partial charge in [0.2, 0.25) is 10.0 Å². The quantitative estimate of drug-likeness (QED) is 0.881. The van der Waals surface area contributed by atoms with E-state index in [1.807, 2.05) is 39.2 Å². The van der Waals surface area contributed by atoms with Crippen molar-refractivity contribution in [2.24, 2.45) is 7.05 Å². The molecular formula is C17H25N3O2S. The van der Waals surface area contributed by atoms with E-state index in [2.05, 4.69) is 23.7 Å². The first-order valence-corrected chi connectivity index (χ1v) is 9.35. The van der Waals surface area contributed by atoms with Crippen molar-refractivity contribution in [1.29, 1.82) is 0 Å². The van der Waals surface area contributed by atoms with Gasteiger partial charge in [-0.1, -0.05) is 26.0 Å². The molecule has 0 aliphatic carbocycles.